The van der Waals surface area contributed by atoms with Crippen LogP contribution in [0.2, 0.25) is 0 Å². The molecule has 1 aromatic carbocycles. The number of para-hydroxylation sites is 2. The molecule has 0 spiro atoms. The van der Waals surface area contributed by atoms with Crippen molar-refractivity contribution in [3.8, 4) is 11.5 Å². The summed E-state index contributed by atoms with van der Waals surface area (Å²) >= 11 is 0. The molecule has 132 valence electrons. The first-order chi connectivity index (χ1) is 12.3. The topological polar surface area (TPSA) is 59.5 Å². The minimum Gasteiger partial charge on any atom is -0.486 e. The van der Waals surface area contributed by atoms with Gasteiger partial charge in [-0.25, -0.2) is 9.97 Å². The molecular weight excluding hydrogens is 316 g/mol. The monoisotopic (exact) mass is 340 g/mol. The Hall–Kier alpha value is -2.34. The van der Waals surface area contributed by atoms with E-state index < -0.39 is 0 Å². The number of nitrogens with one attached hydrogen (secondary N) is 1. The first-order valence-corrected chi connectivity index (χ1v) is 8.92. The molecule has 1 aromatic heterocycles. The fraction of sp³-hybridized carbons (Fsp3) is 0.474. The van der Waals surface area contributed by atoms with Crippen LogP contribution in [0, 0.1) is 0 Å². The number of ether oxygens (including phenoxy) is 2. The number of rotatable bonds is 4. The van der Waals surface area contributed by atoms with Gasteiger partial charge in [0.05, 0.1) is 6.54 Å². The number of aromatic nitrogens is 2. The Bertz CT molecular complexity index is 718. The number of hydrogen-bond acceptors (Lipinski definition) is 6. The second-order valence-electron chi connectivity index (χ2n) is 6.70. The summed E-state index contributed by atoms with van der Waals surface area (Å²) in [6.07, 6.45) is 3.93. The van der Waals surface area contributed by atoms with Gasteiger partial charge in [0, 0.05) is 24.7 Å². The largest absolute Gasteiger partial charge is 0.486 e. The lowest BCUT2D eigenvalue weighted by Crippen LogP contribution is -2.39. The van der Waals surface area contributed by atoms with Crippen LogP contribution in [0.25, 0.3) is 0 Å². The average molecular weight is 340 g/mol. The molecule has 4 rings (SSSR count). The molecule has 0 radical (unpaired) electrons. The SMILES string of the molecule is CN(C[C@H]1COc2ccccc2O1)c1cc(C2CCNCC2)ncn1. The van der Waals surface area contributed by atoms with Gasteiger partial charge in [-0.3, -0.25) is 0 Å². The van der Waals surface area contributed by atoms with Crippen LogP contribution < -0.4 is 19.7 Å². The Balaban J connectivity index is 1.42. The first-order valence-electron chi connectivity index (χ1n) is 8.92. The summed E-state index contributed by atoms with van der Waals surface area (Å²) in [6, 6.07) is 9.92. The summed E-state index contributed by atoms with van der Waals surface area (Å²) in [5.74, 6) is 3.09. The zero-order valence-electron chi connectivity index (χ0n) is 14.5. The highest BCUT2D eigenvalue weighted by molar-refractivity contribution is 5.42. The standard InChI is InChI=1S/C19H24N4O2/c1-23(11-15-12-24-17-4-2-3-5-18(17)25-15)19-10-16(21-13-22-19)14-6-8-20-9-7-14/h2-5,10,13-15,20H,6-9,11-12H2,1H3/t15-/m0/s1. The summed E-state index contributed by atoms with van der Waals surface area (Å²) in [5, 5.41) is 3.40. The number of likely N-dealkylation sites (N-methyl/N-ethyl adjacent to an activating group) is 1. The molecule has 2 aliphatic rings. The maximum absolute atomic E-state index is 6.05. The van der Waals surface area contributed by atoms with E-state index in [9.17, 15) is 0 Å². The van der Waals surface area contributed by atoms with Gasteiger partial charge < -0.3 is 19.7 Å². The normalized spacial score (nSPS) is 20.3. The van der Waals surface area contributed by atoms with Crippen LogP contribution >= 0.6 is 0 Å². The maximum atomic E-state index is 6.05. The smallest absolute Gasteiger partial charge is 0.161 e. The number of fused-ring (bicyclic) bond motifs is 1. The van der Waals surface area contributed by atoms with Gasteiger partial charge in [-0.2, -0.15) is 0 Å². The van der Waals surface area contributed by atoms with Gasteiger partial charge in [-0.1, -0.05) is 12.1 Å². The van der Waals surface area contributed by atoms with Crippen molar-refractivity contribution in [2.45, 2.75) is 24.9 Å². The summed E-state index contributed by atoms with van der Waals surface area (Å²) in [5.41, 5.74) is 1.14. The van der Waals surface area contributed by atoms with E-state index in [0.29, 0.717) is 12.5 Å². The van der Waals surface area contributed by atoms with E-state index in [1.807, 2.05) is 31.3 Å². The highest BCUT2D eigenvalue weighted by atomic mass is 16.6. The van der Waals surface area contributed by atoms with Crippen molar-refractivity contribution in [3.63, 3.8) is 0 Å². The second-order valence-corrected chi connectivity index (χ2v) is 6.70. The summed E-state index contributed by atoms with van der Waals surface area (Å²) < 4.78 is 11.9. The number of hydrogen-bond donors (Lipinski definition) is 1. The van der Waals surface area contributed by atoms with Crippen molar-refractivity contribution < 1.29 is 9.47 Å². The lowest BCUT2D eigenvalue weighted by Gasteiger charge is -2.30. The van der Waals surface area contributed by atoms with E-state index in [2.05, 4.69) is 26.3 Å². The molecule has 0 saturated carbocycles. The highest BCUT2D eigenvalue weighted by Gasteiger charge is 2.23. The molecule has 0 aliphatic carbocycles. The third kappa shape index (κ3) is 3.69. The molecule has 1 fully saturated rings. The predicted octanol–water partition coefficient (Wildman–Crippen LogP) is 2.22. The van der Waals surface area contributed by atoms with Gasteiger partial charge in [-0.05, 0) is 38.1 Å². The minimum absolute atomic E-state index is 0.0165. The fourth-order valence-electron chi connectivity index (χ4n) is 3.46. The summed E-state index contributed by atoms with van der Waals surface area (Å²) in [4.78, 5) is 11.1. The van der Waals surface area contributed by atoms with Gasteiger partial charge in [-0.15, -0.1) is 0 Å². The molecule has 0 amide bonds. The van der Waals surface area contributed by atoms with Crippen molar-refractivity contribution in [3.05, 3.63) is 42.4 Å². The Labute approximate surface area is 148 Å². The van der Waals surface area contributed by atoms with E-state index in [1.165, 1.54) is 0 Å². The van der Waals surface area contributed by atoms with Gasteiger partial charge >= 0.3 is 0 Å². The number of benzene rings is 1. The Kier molecular flexibility index (Phi) is 4.70. The van der Waals surface area contributed by atoms with Crippen LogP contribution in [0.4, 0.5) is 5.82 Å². The van der Waals surface area contributed by atoms with E-state index in [0.717, 1.165) is 55.5 Å². The molecule has 0 unspecified atom stereocenters. The fourth-order valence-corrected chi connectivity index (χ4v) is 3.46. The zero-order chi connectivity index (χ0) is 17.1. The van der Waals surface area contributed by atoms with Gasteiger partial charge in [0.1, 0.15) is 18.8 Å². The van der Waals surface area contributed by atoms with Crippen molar-refractivity contribution >= 4 is 5.82 Å². The summed E-state index contributed by atoms with van der Waals surface area (Å²) in [6.45, 7) is 3.39. The van der Waals surface area contributed by atoms with Crippen LogP contribution in [-0.4, -0.2) is 49.4 Å². The summed E-state index contributed by atoms with van der Waals surface area (Å²) in [7, 11) is 2.04. The first kappa shape index (κ1) is 16.1. The van der Waals surface area contributed by atoms with Crippen LogP contribution in [-0.2, 0) is 0 Å². The maximum Gasteiger partial charge on any atom is 0.161 e. The van der Waals surface area contributed by atoms with Crippen LogP contribution in [0.15, 0.2) is 36.7 Å². The third-order valence-corrected chi connectivity index (χ3v) is 4.87. The van der Waals surface area contributed by atoms with Crippen molar-refractivity contribution in [1.82, 2.24) is 15.3 Å². The zero-order valence-corrected chi connectivity index (χ0v) is 14.5. The van der Waals surface area contributed by atoms with E-state index in [4.69, 9.17) is 9.47 Å². The molecular formula is C19H24N4O2. The Morgan fingerprint density at radius 1 is 1.16 bits per heavy atom. The molecule has 1 atom stereocenters. The lowest BCUT2D eigenvalue weighted by atomic mass is 9.94. The lowest BCUT2D eigenvalue weighted by molar-refractivity contribution is 0.0959. The quantitative estimate of drug-likeness (QED) is 0.921. The minimum atomic E-state index is -0.0165. The highest BCUT2D eigenvalue weighted by Crippen LogP contribution is 2.31. The second kappa shape index (κ2) is 7.27. The van der Waals surface area contributed by atoms with Gasteiger partial charge in [0.25, 0.3) is 0 Å². The third-order valence-electron chi connectivity index (χ3n) is 4.87. The van der Waals surface area contributed by atoms with E-state index in [1.54, 1.807) is 6.33 Å². The Morgan fingerprint density at radius 3 is 2.80 bits per heavy atom. The molecule has 2 aliphatic heterocycles. The molecule has 6 nitrogen and oxygen atoms in total. The average Bonchev–Trinajstić information content (AvgIpc) is 2.69. The number of anilines is 1. The van der Waals surface area contributed by atoms with Crippen LogP contribution in [0.3, 0.4) is 0 Å². The van der Waals surface area contributed by atoms with E-state index in [-0.39, 0.29) is 6.10 Å². The van der Waals surface area contributed by atoms with E-state index >= 15 is 0 Å². The Morgan fingerprint density at radius 2 is 1.96 bits per heavy atom. The molecule has 0 bridgehead atoms. The molecule has 1 saturated heterocycles. The molecule has 2 aromatic rings. The van der Waals surface area contributed by atoms with Crippen molar-refractivity contribution in [2.24, 2.45) is 0 Å². The van der Waals surface area contributed by atoms with Crippen molar-refractivity contribution in [1.29, 1.82) is 0 Å². The van der Waals surface area contributed by atoms with Gasteiger partial charge in [0.2, 0.25) is 0 Å². The predicted molar refractivity (Wildman–Crippen MR) is 96.5 cm³/mol. The number of nitrogens with zero attached hydrogens (tertiary/aromatic N) is 3. The van der Waals surface area contributed by atoms with Crippen LogP contribution in [0.1, 0.15) is 24.5 Å². The molecule has 1 N–H and O–H groups in total. The molecule has 6 heteroatoms. The number of piperidine rings is 1. The molecule has 3 heterocycles. The van der Waals surface area contributed by atoms with Crippen LogP contribution in [0.5, 0.6) is 11.5 Å². The molecule has 25 heavy (non-hydrogen) atoms. The van der Waals surface area contributed by atoms with Gasteiger partial charge in [0.15, 0.2) is 17.6 Å². The van der Waals surface area contributed by atoms with Crippen molar-refractivity contribution in [2.75, 3.05) is 38.2 Å².